The molecule has 0 radical (unpaired) electrons. The minimum atomic E-state index is -0.425. The quantitative estimate of drug-likeness (QED) is 0.626. The fourth-order valence-electron chi connectivity index (χ4n) is 3.57. The topological polar surface area (TPSA) is 73.2 Å². The van der Waals surface area contributed by atoms with Gasteiger partial charge in [-0.05, 0) is 67.8 Å². The summed E-state index contributed by atoms with van der Waals surface area (Å²) in [5.74, 6) is -0.822. The van der Waals surface area contributed by atoms with Crippen LogP contribution in [-0.2, 0) is 9.59 Å². The molecule has 0 saturated heterocycles. The molecular formula is C26H21N3O2. The predicted molar refractivity (Wildman–Crippen MR) is 121 cm³/mol. The lowest BCUT2D eigenvalue weighted by Gasteiger charge is -2.16. The normalized spacial score (nSPS) is 13.5. The molecule has 0 spiro atoms. The van der Waals surface area contributed by atoms with Gasteiger partial charge in [-0.25, -0.2) is 4.90 Å². The van der Waals surface area contributed by atoms with E-state index in [0.717, 1.165) is 27.3 Å². The van der Waals surface area contributed by atoms with Crippen LogP contribution in [-0.4, -0.2) is 11.8 Å². The van der Waals surface area contributed by atoms with Gasteiger partial charge in [-0.1, -0.05) is 42.0 Å². The minimum Gasteiger partial charge on any atom is -0.350 e. The molecule has 0 aromatic heterocycles. The summed E-state index contributed by atoms with van der Waals surface area (Å²) in [6.07, 6.45) is 0. The van der Waals surface area contributed by atoms with Crippen molar-refractivity contribution in [1.82, 2.24) is 0 Å². The average Bonchev–Trinajstić information content (AvgIpc) is 3.01. The van der Waals surface area contributed by atoms with Gasteiger partial charge >= 0.3 is 0 Å². The molecule has 4 rings (SSSR count). The van der Waals surface area contributed by atoms with Crippen molar-refractivity contribution in [2.24, 2.45) is 0 Å². The monoisotopic (exact) mass is 407 g/mol. The summed E-state index contributed by atoms with van der Waals surface area (Å²) in [6.45, 7) is 5.95. The van der Waals surface area contributed by atoms with Crippen LogP contribution in [0.2, 0.25) is 0 Å². The summed E-state index contributed by atoms with van der Waals surface area (Å²) in [5.41, 5.74) is 6.07. The zero-order valence-electron chi connectivity index (χ0n) is 17.6. The van der Waals surface area contributed by atoms with E-state index in [0.29, 0.717) is 22.4 Å². The number of aryl methyl sites for hydroxylation is 2. The van der Waals surface area contributed by atoms with E-state index in [9.17, 15) is 9.59 Å². The molecule has 3 aromatic rings. The number of anilines is 2. The predicted octanol–water partition coefficient (Wildman–Crippen LogP) is 4.88. The number of hydrogen-bond acceptors (Lipinski definition) is 4. The highest BCUT2D eigenvalue weighted by Crippen LogP contribution is 2.34. The largest absolute Gasteiger partial charge is 0.350 e. The maximum atomic E-state index is 13.5. The molecule has 0 fully saturated rings. The Hall–Kier alpha value is -4.17. The number of nitrogens with one attached hydrogen (secondary N) is 1. The first-order valence-electron chi connectivity index (χ1n) is 9.94. The highest BCUT2D eigenvalue weighted by atomic mass is 16.2. The van der Waals surface area contributed by atoms with E-state index in [1.165, 1.54) is 0 Å². The summed E-state index contributed by atoms with van der Waals surface area (Å²) in [7, 11) is 0. The third-order valence-corrected chi connectivity index (χ3v) is 5.54. The van der Waals surface area contributed by atoms with Crippen LogP contribution in [0.1, 0.15) is 27.8 Å². The molecule has 0 aliphatic carbocycles. The highest BCUT2D eigenvalue weighted by molar-refractivity contribution is 6.46. The van der Waals surface area contributed by atoms with Gasteiger partial charge in [0.25, 0.3) is 11.8 Å². The van der Waals surface area contributed by atoms with E-state index >= 15 is 0 Å². The maximum absolute atomic E-state index is 13.5. The third kappa shape index (κ3) is 3.60. The molecule has 31 heavy (non-hydrogen) atoms. The third-order valence-electron chi connectivity index (χ3n) is 5.54. The molecule has 0 atom stereocenters. The molecule has 152 valence electrons. The van der Waals surface area contributed by atoms with Gasteiger partial charge in [0.2, 0.25) is 0 Å². The van der Waals surface area contributed by atoms with Crippen molar-refractivity contribution in [2.75, 3.05) is 10.2 Å². The molecular weight excluding hydrogens is 386 g/mol. The van der Waals surface area contributed by atoms with Crippen molar-refractivity contribution in [3.05, 3.63) is 100 Å². The van der Waals surface area contributed by atoms with E-state index < -0.39 is 11.8 Å². The zero-order valence-corrected chi connectivity index (χ0v) is 17.6. The number of carbonyl (C=O) groups is 2. The molecule has 0 saturated carbocycles. The van der Waals surface area contributed by atoms with Gasteiger partial charge in [-0.3, -0.25) is 9.59 Å². The lowest BCUT2D eigenvalue weighted by atomic mass is 10.0. The van der Waals surface area contributed by atoms with E-state index in [1.807, 2.05) is 69.3 Å². The summed E-state index contributed by atoms with van der Waals surface area (Å²) in [4.78, 5) is 28.0. The van der Waals surface area contributed by atoms with Crippen molar-refractivity contribution < 1.29 is 9.59 Å². The van der Waals surface area contributed by atoms with Crippen LogP contribution in [0.15, 0.2) is 72.4 Å². The molecule has 1 aliphatic heterocycles. The van der Waals surface area contributed by atoms with Crippen LogP contribution in [0.4, 0.5) is 11.4 Å². The number of hydrogen-bond donors (Lipinski definition) is 1. The van der Waals surface area contributed by atoms with Crippen LogP contribution in [0.3, 0.4) is 0 Å². The molecule has 2 amide bonds. The van der Waals surface area contributed by atoms with E-state index in [2.05, 4.69) is 5.32 Å². The molecule has 5 nitrogen and oxygen atoms in total. The van der Waals surface area contributed by atoms with Gasteiger partial charge in [0.05, 0.1) is 22.9 Å². The summed E-state index contributed by atoms with van der Waals surface area (Å²) in [6, 6.07) is 21.8. The minimum absolute atomic E-state index is 0.243. The number of nitriles is 1. The second-order valence-electron chi connectivity index (χ2n) is 7.59. The molecule has 0 bridgehead atoms. The number of imide groups is 1. The summed E-state index contributed by atoms with van der Waals surface area (Å²) in [5, 5.41) is 12.3. The van der Waals surface area contributed by atoms with Crippen LogP contribution in [0, 0.1) is 32.1 Å². The summed E-state index contributed by atoms with van der Waals surface area (Å²) < 4.78 is 0. The van der Waals surface area contributed by atoms with Crippen molar-refractivity contribution in [3.63, 3.8) is 0 Å². The highest BCUT2D eigenvalue weighted by Gasteiger charge is 2.40. The average molecular weight is 407 g/mol. The Bertz CT molecular complexity index is 1260. The lowest BCUT2D eigenvalue weighted by molar-refractivity contribution is -0.120. The van der Waals surface area contributed by atoms with Gasteiger partial charge in [0.15, 0.2) is 0 Å². The van der Waals surface area contributed by atoms with Gasteiger partial charge < -0.3 is 5.32 Å². The van der Waals surface area contributed by atoms with Crippen LogP contribution in [0.25, 0.3) is 5.57 Å². The Balaban J connectivity index is 1.83. The SMILES string of the molecule is Cc1ccc(C2=C(Nc3cccc(C)c3C)C(=O)N(c3ccc(C#N)cc3)C2=O)cc1. The number of rotatable bonds is 4. The Morgan fingerprint density at radius 2 is 1.52 bits per heavy atom. The van der Waals surface area contributed by atoms with Crippen LogP contribution >= 0.6 is 0 Å². The first kappa shape index (κ1) is 20.1. The maximum Gasteiger partial charge on any atom is 0.282 e. The number of amides is 2. The fraction of sp³-hybridized carbons (Fsp3) is 0.115. The molecule has 1 aliphatic rings. The van der Waals surface area contributed by atoms with E-state index in [1.54, 1.807) is 24.3 Å². The Labute approximate surface area is 181 Å². The lowest BCUT2D eigenvalue weighted by Crippen LogP contribution is -2.32. The molecule has 1 N–H and O–H groups in total. The second kappa shape index (κ2) is 7.92. The summed E-state index contributed by atoms with van der Waals surface area (Å²) >= 11 is 0. The smallest absolute Gasteiger partial charge is 0.282 e. The Morgan fingerprint density at radius 3 is 2.16 bits per heavy atom. The van der Waals surface area contributed by atoms with Gasteiger partial charge in [-0.15, -0.1) is 0 Å². The van der Waals surface area contributed by atoms with Gasteiger partial charge in [0.1, 0.15) is 5.70 Å². The Morgan fingerprint density at radius 1 is 0.839 bits per heavy atom. The first-order chi connectivity index (χ1) is 14.9. The fourth-order valence-corrected chi connectivity index (χ4v) is 3.57. The zero-order chi connectivity index (χ0) is 22.1. The standard InChI is InChI=1S/C26H21N3O2/c1-16-7-11-20(12-8-16)23-24(28-22-6-4-5-17(2)18(22)3)26(31)29(25(23)30)21-13-9-19(15-27)10-14-21/h4-14,28H,1-3H3. The van der Waals surface area contributed by atoms with Gasteiger partial charge in [-0.2, -0.15) is 5.26 Å². The van der Waals surface area contributed by atoms with Crippen LogP contribution < -0.4 is 10.2 Å². The molecule has 3 aromatic carbocycles. The van der Waals surface area contributed by atoms with Crippen molar-refractivity contribution in [1.29, 1.82) is 5.26 Å². The molecule has 5 heteroatoms. The second-order valence-corrected chi connectivity index (χ2v) is 7.59. The van der Waals surface area contributed by atoms with Crippen molar-refractivity contribution in [3.8, 4) is 6.07 Å². The van der Waals surface area contributed by atoms with E-state index in [4.69, 9.17) is 5.26 Å². The van der Waals surface area contributed by atoms with Crippen molar-refractivity contribution in [2.45, 2.75) is 20.8 Å². The van der Waals surface area contributed by atoms with Gasteiger partial charge in [0, 0.05) is 5.69 Å². The number of carbonyl (C=O) groups excluding carboxylic acids is 2. The van der Waals surface area contributed by atoms with Crippen LogP contribution in [0.5, 0.6) is 0 Å². The first-order valence-corrected chi connectivity index (χ1v) is 9.94. The molecule has 1 heterocycles. The number of nitrogens with zero attached hydrogens (tertiary/aromatic N) is 2. The number of benzene rings is 3. The van der Waals surface area contributed by atoms with Crippen molar-refractivity contribution >= 4 is 28.8 Å². The molecule has 0 unspecified atom stereocenters. The Kier molecular flexibility index (Phi) is 5.14. The van der Waals surface area contributed by atoms with E-state index in [-0.39, 0.29) is 5.70 Å².